The average molecular weight is 260 g/mol. The Hall–Kier alpha value is -0.850. The highest BCUT2D eigenvalue weighted by Crippen LogP contribution is 2.26. The van der Waals surface area contributed by atoms with Crippen molar-refractivity contribution in [2.75, 3.05) is 37.3 Å². The van der Waals surface area contributed by atoms with Gasteiger partial charge in [-0.3, -0.25) is 0 Å². The Morgan fingerprint density at radius 3 is 2.47 bits per heavy atom. The summed E-state index contributed by atoms with van der Waals surface area (Å²) in [6.07, 6.45) is 1.39. The molecule has 1 aliphatic heterocycles. The lowest BCUT2D eigenvalue weighted by Gasteiger charge is -2.29. The Balaban J connectivity index is 2.35. The van der Waals surface area contributed by atoms with Crippen molar-refractivity contribution in [3.63, 3.8) is 0 Å². The van der Waals surface area contributed by atoms with Gasteiger partial charge in [-0.2, -0.15) is 0 Å². The fourth-order valence-electron chi connectivity index (χ4n) is 1.89. The number of halogens is 2. The highest BCUT2D eigenvalue weighted by Gasteiger charge is 2.21. The van der Waals surface area contributed by atoms with Gasteiger partial charge in [0.25, 0.3) is 0 Å². The highest BCUT2D eigenvalue weighted by molar-refractivity contribution is 7.90. The maximum absolute atomic E-state index is 13.7. The van der Waals surface area contributed by atoms with Crippen LogP contribution in [-0.4, -0.2) is 37.0 Å². The molecule has 1 heterocycles. The first-order valence-electron chi connectivity index (χ1n) is 5.37. The molecule has 0 spiro atoms. The fourth-order valence-corrected chi connectivity index (χ4v) is 2.50. The molecule has 6 heteroatoms. The maximum atomic E-state index is 13.7. The third-order valence-electron chi connectivity index (χ3n) is 2.77. The summed E-state index contributed by atoms with van der Waals surface area (Å²) in [4.78, 5) is 1.89. The minimum atomic E-state index is -1.45. The largest absolute Gasteiger partial charge is 0.612 e. The topological polar surface area (TPSA) is 38.3 Å². The quantitative estimate of drug-likeness (QED) is 0.810. The molecule has 0 amide bonds. The number of hydrogen-bond acceptors (Lipinski definition) is 3. The van der Waals surface area contributed by atoms with Gasteiger partial charge < -0.3 is 14.8 Å². The van der Waals surface area contributed by atoms with Crippen molar-refractivity contribution >= 4 is 16.9 Å². The minimum Gasteiger partial charge on any atom is -0.612 e. The Bertz CT molecular complexity index is 409. The summed E-state index contributed by atoms with van der Waals surface area (Å²) >= 11 is -1.45. The number of nitrogens with zero attached hydrogens (tertiary/aromatic N) is 1. The van der Waals surface area contributed by atoms with E-state index in [-0.39, 0.29) is 4.90 Å². The smallest absolute Gasteiger partial charge is 0.190 e. The minimum absolute atomic E-state index is 0.0555. The summed E-state index contributed by atoms with van der Waals surface area (Å²) in [6.45, 7) is 2.86. The van der Waals surface area contributed by atoms with Crippen LogP contribution < -0.4 is 10.2 Å². The summed E-state index contributed by atoms with van der Waals surface area (Å²) in [5, 5.41) is 3.15. The highest BCUT2D eigenvalue weighted by atomic mass is 32.2. The molecule has 0 unspecified atom stereocenters. The lowest BCUT2D eigenvalue weighted by atomic mass is 10.2. The van der Waals surface area contributed by atoms with Crippen molar-refractivity contribution < 1.29 is 13.3 Å². The zero-order valence-electron chi connectivity index (χ0n) is 9.50. The fraction of sp³-hybridized carbons (Fsp3) is 0.455. The molecule has 1 saturated heterocycles. The van der Waals surface area contributed by atoms with E-state index in [0.717, 1.165) is 19.2 Å². The molecule has 0 bridgehead atoms. The average Bonchev–Trinajstić information content (AvgIpc) is 2.29. The second-order valence-electron chi connectivity index (χ2n) is 3.93. The van der Waals surface area contributed by atoms with Gasteiger partial charge in [-0.25, -0.2) is 8.78 Å². The van der Waals surface area contributed by atoms with Gasteiger partial charge in [-0.15, -0.1) is 0 Å². The van der Waals surface area contributed by atoms with Gasteiger partial charge in [0.1, 0.15) is 12.1 Å². The van der Waals surface area contributed by atoms with Gasteiger partial charge >= 0.3 is 0 Å². The Labute approximate surface area is 102 Å². The third kappa shape index (κ3) is 2.70. The van der Waals surface area contributed by atoms with Crippen molar-refractivity contribution in [1.82, 2.24) is 5.32 Å². The van der Waals surface area contributed by atoms with Crippen LogP contribution in [0.3, 0.4) is 0 Å². The van der Waals surface area contributed by atoms with E-state index in [4.69, 9.17) is 0 Å². The monoisotopic (exact) mass is 260 g/mol. The van der Waals surface area contributed by atoms with Crippen LogP contribution in [0.5, 0.6) is 0 Å². The van der Waals surface area contributed by atoms with E-state index < -0.39 is 22.8 Å². The van der Waals surface area contributed by atoms with Crippen LogP contribution in [-0.2, 0) is 11.2 Å². The van der Waals surface area contributed by atoms with E-state index in [0.29, 0.717) is 18.8 Å². The zero-order valence-corrected chi connectivity index (χ0v) is 10.3. The predicted molar refractivity (Wildman–Crippen MR) is 63.8 cm³/mol. The van der Waals surface area contributed by atoms with Crippen molar-refractivity contribution in [3.05, 3.63) is 23.8 Å². The molecule has 1 aromatic carbocycles. The van der Waals surface area contributed by atoms with Crippen LogP contribution >= 0.6 is 0 Å². The van der Waals surface area contributed by atoms with E-state index in [1.165, 1.54) is 12.3 Å². The van der Waals surface area contributed by atoms with Gasteiger partial charge in [0.05, 0.1) is 5.69 Å². The molecule has 1 fully saturated rings. The Kier molecular flexibility index (Phi) is 3.86. The Morgan fingerprint density at radius 1 is 1.24 bits per heavy atom. The van der Waals surface area contributed by atoms with Crippen LogP contribution in [0.2, 0.25) is 0 Å². The molecule has 94 valence electrons. The second-order valence-corrected chi connectivity index (χ2v) is 5.27. The second kappa shape index (κ2) is 5.20. The molecule has 1 atom stereocenters. The molecule has 0 aliphatic carbocycles. The molecule has 1 aromatic rings. The van der Waals surface area contributed by atoms with Gasteiger partial charge in [-0.1, -0.05) is 0 Å². The van der Waals surface area contributed by atoms with E-state index in [1.807, 2.05) is 4.90 Å². The lowest BCUT2D eigenvalue weighted by molar-refractivity contribution is 0.537. The van der Waals surface area contributed by atoms with E-state index in [9.17, 15) is 13.3 Å². The lowest BCUT2D eigenvalue weighted by Crippen LogP contribution is -2.44. The van der Waals surface area contributed by atoms with Crippen molar-refractivity contribution in [3.8, 4) is 0 Å². The number of rotatable bonds is 2. The molecule has 17 heavy (non-hydrogen) atoms. The molecule has 3 nitrogen and oxygen atoms in total. The number of piperazine rings is 1. The number of benzene rings is 1. The van der Waals surface area contributed by atoms with Gasteiger partial charge in [-0.05, 0) is 11.2 Å². The summed E-state index contributed by atoms with van der Waals surface area (Å²) < 4.78 is 38.4. The van der Waals surface area contributed by atoms with Gasteiger partial charge in [0.2, 0.25) is 0 Å². The molecule has 2 rings (SSSR count). The number of nitrogens with one attached hydrogen (secondary N) is 1. The first-order valence-corrected chi connectivity index (χ1v) is 6.93. The van der Waals surface area contributed by atoms with Crippen LogP contribution in [0.1, 0.15) is 0 Å². The van der Waals surface area contributed by atoms with Crippen LogP contribution in [0.25, 0.3) is 0 Å². The Morgan fingerprint density at radius 2 is 1.88 bits per heavy atom. The predicted octanol–water partition coefficient (Wildman–Crippen LogP) is 1.11. The first kappa shape index (κ1) is 12.6. The van der Waals surface area contributed by atoms with Crippen molar-refractivity contribution in [2.45, 2.75) is 4.90 Å². The maximum Gasteiger partial charge on any atom is 0.190 e. The molecule has 0 saturated carbocycles. The molecular formula is C11H14F2N2OS. The SMILES string of the molecule is C[S@@+]([O-])c1cc(N2CCNCC2)c(F)cc1F. The van der Waals surface area contributed by atoms with Crippen molar-refractivity contribution in [2.24, 2.45) is 0 Å². The molecular weight excluding hydrogens is 246 g/mol. The summed E-state index contributed by atoms with van der Waals surface area (Å²) in [5.74, 6) is -1.35. The number of hydrogen-bond donors (Lipinski definition) is 1. The summed E-state index contributed by atoms with van der Waals surface area (Å²) in [7, 11) is 0. The normalized spacial score (nSPS) is 18.2. The molecule has 1 N–H and O–H groups in total. The zero-order chi connectivity index (χ0) is 12.4. The first-order chi connectivity index (χ1) is 8.09. The molecule has 1 aliphatic rings. The van der Waals surface area contributed by atoms with Crippen LogP contribution in [0.4, 0.5) is 14.5 Å². The number of anilines is 1. The van der Waals surface area contributed by atoms with Crippen molar-refractivity contribution in [1.29, 1.82) is 0 Å². The van der Waals surface area contributed by atoms with E-state index in [1.54, 1.807) is 0 Å². The summed E-state index contributed by atoms with van der Waals surface area (Å²) in [6, 6.07) is 2.17. The van der Waals surface area contributed by atoms with Gasteiger partial charge in [0.15, 0.2) is 10.7 Å². The molecule has 0 aromatic heterocycles. The third-order valence-corrected chi connectivity index (χ3v) is 3.70. The standard InChI is InChI=1S/C11H14F2N2OS/c1-17(16)11-7-10(8(12)6-9(11)13)15-4-2-14-3-5-15/h6-7,14H,2-5H2,1H3/t17-/m1/s1. The van der Waals surface area contributed by atoms with Gasteiger partial charge in [0, 0.05) is 38.3 Å². The van der Waals surface area contributed by atoms with Crippen LogP contribution in [0, 0.1) is 11.6 Å². The summed E-state index contributed by atoms with van der Waals surface area (Å²) in [5.41, 5.74) is 0.332. The van der Waals surface area contributed by atoms with E-state index in [2.05, 4.69) is 5.32 Å². The van der Waals surface area contributed by atoms with E-state index >= 15 is 0 Å². The van der Waals surface area contributed by atoms with Crippen LogP contribution in [0.15, 0.2) is 17.0 Å². The molecule has 0 radical (unpaired) electrons.